The van der Waals surface area contributed by atoms with Crippen LogP contribution in [0.4, 0.5) is 0 Å². The second-order valence-corrected chi connectivity index (χ2v) is 3.86. The maximum atomic E-state index is 9.95. The largest absolute Gasteiger partial charge is 0.468 e. The number of hydrogen-bond donors (Lipinski definition) is 0. The van der Waals surface area contributed by atoms with E-state index in [1.54, 1.807) is 0 Å². The second-order valence-electron chi connectivity index (χ2n) is 3.86. The van der Waals surface area contributed by atoms with Crippen LogP contribution in [0, 0.1) is 17.8 Å². The van der Waals surface area contributed by atoms with E-state index in [2.05, 4.69) is 0 Å². The van der Waals surface area contributed by atoms with Crippen LogP contribution in [0.3, 0.4) is 0 Å². The van der Waals surface area contributed by atoms with Crippen molar-refractivity contribution >= 4 is 6.47 Å². The number of fused-ring (bicyclic) bond motifs is 2. The number of rotatable bonds is 3. The average Bonchev–Trinajstić information content (AvgIpc) is 2.60. The highest BCUT2D eigenvalue weighted by Crippen LogP contribution is 2.48. The Morgan fingerprint density at radius 2 is 2.27 bits per heavy atom. The molecule has 0 radical (unpaired) electrons. The Hall–Kier alpha value is -0.530. The van der Waals surface area contributed by atoms with Gasteiger partial charge < -0.3 is 4.74 Å². The first-order valence-electron chi connectivity index (χ1n) is 4.45. The fraction of sp³-hybridized carbons (Fsp3) is 0.889. The smallest absolute Gasteiger partial charge is 0.293 e. The molecule has 2 bridgehead atoms. The van der Waals surface area contributed by atoms with Crippen molar-refractivity contribution in [3.8, 4) is 0 Å². The maximum absolute atomic E-state index is 9.95. The van der Waals surface area contributed by atoms with Gasteiger partial charge in [-0.2, -0.15) is 0 Å². The van der Waals surface area contributed by atoms with E-state index in [0.717, 1.165) is 11.8 Å². The topological polar surface area (TPSA) is 26.3 Å². The third-order valence-electron chi connectivity index (χ3n) is 3.26. The predicted octanol–water partition coefficient (Wildman–Crippen LogP) is 1.60. The highest BCUT2D eigenvalue weighted by atomic mass is 16.5. The standard InChI is InChI=1S/C9H14O2/c10-6-11-5-9-4-7-1-2-8(9)3-7/h6-9H,1-5H2/t7-,8+,9-/m1/s1. The van der Waals surface area contributed by atoms with Gasteiger partial charge in [0.2, 0.25) is 0 Å². The molecule has 2 aliphatic carbocycles. The van der Waals surface area contributed by atoms with Crippen LogP contribution < -0.4 is 0 Å². The lowest BCUT2D eigenvalue weighted by Gasteiger charge is -2.19. The van der Waals surface area contributed by atoms with Gasteiger partial charge in [0.15, 0.2) is 0 Å². The zero-order chi connectivity index (χ0) is 7.68. The Bertz CT molecular complexity index is 156. The van der Waals surface area contributed by atoms with Gasteiger partial charge >= 0.3 is 0 Å². The molecule has 0 spiro atoms. The summed E-state index contributed by atoms with van der Waals surface area (Å²) in [5.74, 6) is 2.53. The first-order chi connectivity index (χ1) is 5.40. The lowest BCUT2D eigenvalue weighted by atomic mass is 9.90. The van der Waals surface area contributed by atoms with Gasteiger partial charge in [0.1, 0.15) is 0 Å². The van der Waals surface area contributed by atoms with Gasteiger partial charge in [-0.15, -0.1) is 0 Å². The summed E-state index contributed by atoms with van der Waals surface area (Å²) in [5.41, 5.74) is 0. The Labute approximate surface area is 66.9 Å². The van der Waals surface area contributed by atoms with Gasteiger partial charge in [-0.05, 0) is 37.0 Å². The van der Waals surface area contributed by atoms with Crippen molar-refractivity contribution in [2.45, 2.75) is 25.7 Å². The van der Waals surface area contributed by atoms with Gasteiger partial charge in [0.05, 0.1) is 6.61 Å². The quantitative estimate of drug-likeness (QED) is 0.577. The summed E-state index contributed by atoms with van der Waals surface area (Å²) >= 11 is 0. The molecule has 0 heterocycles. The molecule has 0 saturated heterocycles. The molecule has 2 fully saturated rings. The molecule has 0 aromatic heterocycles. The van der Waals surface area contributed by atoms with Crippen molar-refractivity contribution in [2.75, 3.05) is 6.61 Å². The molecule has 2 aliphatic rings. The van der Waals surface area contributed by atoms with Crippen LogP contribution in [0.2, 0.25) is 0 Å². The Balaban J connectivity index is 1.83. The summed E-state index contributed by atoms with van der Waals surface area (Å²) in [6.07, 6.45) is 5.49. The molecule has 0 amide bonds. The zero-order valence-electron chi connectivity index (χ0n) is 6.66. The molecule has 0 N–H and O–H groups in total. The van der Waals surface area contributed by atoms with Crippen LogP contribution in [0.1, 0.15) is 25.7 Å². The normalized spacial score (nSPS) is 40.9. The molecule has 2 nitrogen and oxygen atoms in total. The van der Waals surface area contributed by atoms with E-state index in [4.69, 9.17) is 4.74 Å². The zero-order valence-corrected chi connectivity index (χ0v) is 6.66. The summed E-state index contributed by atoms with van der Waals surface area (Å²) in [7, 11) is 0. The van der Waals surface area contributed by atoms with Gasteiger partial charge in [-0.1, -0.05) is 6.42 Å². The summed E-state index contributed by atoms with van der Waals surface area (Å²) in [5, 5.41) is 0. The highest BCUT2D eigenvalue weighted by molar-refractivity contribution is 5.36. The third kappa shape index (κ3) is 1.26. The summed E-state index contributed by atoms with van der Waals surface area (Å²) in [4.78, 5) is 9.95. The first kappa shape index (κ1) is 7.14. The van der Waals surface area contributed by atoms with E-state index in [9.17, 15) is 4.79 Å². The SMILES string of the molecule is O=COC[C@H]1C[C@@H]2CC[C@H]1C2. The molecule has 62 valence electrons. The Morgan fingerprint density at radius 1 is 1.36 bits per heavy atom. The molecule has 0 unspecified atom stereocenters. The van der Waals surface area contributed by atoms with Crippen LogP contribution in [-0.4, -0.2) is 13.1 Å². The Kier molecular flexibility index (Phi) is 1.84. The second kappa shape index (κ2) is 2.84. The molecule has 2 saturated carbocycles. The number of ether oxygens (including phenoxy) is 1. The van der Waals surface area contributed by atoms with Crippen molar-refractivity contribution in [2.24, 2.45) is 17.8 Å². The lowest BCUT2D eigenvalue weighted by molar-refractivity contribution is -0.130. The molecule has 0 aromatic carbocycles. The van der Waals surface area contributed by atoms with Crippen LogP contribution in [0.15, 0.2) is 0 Å². The minimum absolute atomic E-state index is 0.575. The number of carbonyl (C=O) groups is 1. The molecule has 0 aliphatic heterocycles. The predicted molar refractivity (Wildman–Crippen MR) is 41.0 cm³/mol. The summed E-state index contributed by atoms with van der Waals surface area (Å²) in [6.45, 7) is 1.25. The maximum Gasteiger partial charge on any atom is 0.293 e. The lowest BCUT2D eigenvalue weighted by Crippen LogP contribution is -2.16. The van der Waals surface area contributed by atoms with E-state index in [-0.39, 0.29) is 0 Å². The average molecular weight is 154 g/mol. The number of hydrogen-bond acceptors (Lipinski definition) is 2. The van der Waals surface area contributed by atoms with Crippen molar-refractivity contribution in [3.05, 3.63) is 0 Å². The van der Waals surface area contributed by atoms with Crippen LogP contribution in [0.25, 0.3) is 0 Å². The van der Waals surface area contributed by atoms with Crippen molar-refractivity contribution in [1.29, 1.82) is 0 Å². The van der Waals surface area contributed by atoms with E-state index < -0.39 is 0 Å². The minimum Gasteiger partial charge on any atom is -0.468 e. The number of carbonyl (C=O) groups excluding carboxylic acids is 1. The fourth-order valence-corrected chi connectivity index (χ4v) is 2.74. The van der Waals surface area contributed by atoms with Gasteiger partial charge in [0.25, 0.3) is 6.47 Å². The van der Waals surface area contributed by atoms with E-state index in [1.807, 2.05) is 0 Å². The molecular formula is C9H14O2. The minimum atomic E-state index is 0.575. The van der Waals surface area contributed by atoms with Crippen LogP contribution >= 0.6 is 0 Å². The van der Waals surface area contributed by atoms with Gasteiger partial charge in [-0.3, -0.25) is 4.79 Å². The molecular weight excluding hydrogens is 140 g/mol. The van der Waals surface area contributed by atoms with E-state index in [1.165, 1.54) is 25.7 Å². The van der Waals surface area contributed by atoms with Crippen LogP contribution in [0.5, 0.6) is 0 Å². The van der Waals surface area contributed by atoms with Crippen molar-refractivity contribution < 1.29 is 9.53 Å². The third-order valence-corrected chi connectivity index (χ3v) is 3.26. The molecule has 2 rings (SSSR count). The highest BCUT2D eigenvalue weighted by Gasteiger charge is 2.39. The fourth-order valence-electron chi connectivity index (χ4n) is 2.74. The van der Waals surface area contributed by atoms with Crippen molar-refractivity contribution in [1.82, 2.24) is 0 Å². The van der Waals surface area contributed by atoms with E-state index in [0.29, 0.717) is 19.0 Å². The first-order valence-corrected chi connectivity index (χ1v) is 4.45. The van der Waals surface area contributed by atoms with Gasteiger partial charge in [0, 0.05) is 0 Å². The molecule has 3 atom stereocenters. The molecule has 2 heteroatoms. The monoisotopic (exact) mass is 154 g/mol. The molecule has 0 aromatic rings. The Morgan fingerprint density at radius 3 is 2.82 bits per heavy atom. The van der Waals surface area contributed by atoms with Crippen LogP contribution in [-0.2, 0) is 9.53 Å². The van der Waals surface area contributed by atoms with E-state index >= 15 is 0 Å². The summed E-state index contributed by atoms with van der Waals surface area (Å²) < 4.78 is 4.79. The van der Waals surface area contributed by atoms with Gasteiger partial charge in [-0.25, -0.2) is 0 Å². The summed E-state index contributed by atoms with van der Waals surface area (Å²) in [6, 6.07) is 0. The van der Waals surface area contributed by atoms with Crippen molar-refractivity contribution in [3.63, 3.8) is 0 Å². The molecule has 11 heavy (non-hydrogen) atoms.